The molecule has 0 bridgehead atoms. The van der Waals surface area contributed by atoms with Gasteiger partial charge in [0.25, 0.3) is 0 Å². The van der Waals surface area contributed by atoms with E-state index in [1.165, 1.54) is 0 Å². The lowest BCUT2D eigenvalue weighted by molar-refractivity contribution is -0.136. The van der Waals surface area contributed by atoms with Crippen LogP contribution in [0.15, 0.2) is 0 Å². The molecule has 1 rings (SSSR count). The van der Waals surface area contributed by atoms with E-state index in [-0.39, 0.29) is 11.9 Å². The predicted molar refractivity (Wildman–Crippen MR) is 52.1 cm³/mol. The molecule has 0 radical (unpaired) electrons. The molecule has 0 aromatic heterocycles. The molecule has 0 aromatic rings. The highest BCUT2D eigenvalue weighted by Crippen LogP contribution is 2.09. The number of amides is 1. The number of rotatable bonds is 5. The lowest BCUT2D eigenvalue weighted by Crippen LogP contribution is -2.50. The van der Waals surface area contributed by atoms with Crippen molar-refractivity contribution in [3.63, 3.8) is 0 Å². The third-order valence-electron chi connectivity index (χ3n) is 2.45. The van der Waals surface area contributed by atoms with E-state index in [2.05, 4.69) is 0 Å². The first-order chi connectivity index (χ1) is 6.25. The van der Waals surface area contributed by atoms with Crippen LogP contribution < -0.4 is 11.5 Å². The summed E-state index contributed by atoms with van der Waals surface area (Å²) in [7, 11) is 0. The average Bonchev–Trinajstić information content (AvgIpc) is 2.01. The Kier molecular flexibility index (Phi) is 4.18. The largest absolute Gasteiger partial charge is 0.341 e. The molecule has 0 saturated carbocycles. The van der Waals surface area contributed by atoms with Crippen LogP contribution in [0.2, 0.25) is 0 Å². The molecule has 1 heterocycles. The van der Waals surface area contributed by atoms with Crippen molar-refractivity contribution in [3.8, 4) is 0 Å². The number of likely N-dealkylation sites (tertiary alicyclic amines) is 1. The monoisotopic (exact) mass is 185 g/mol. The molecule has 1 amide bonds. The summed E-state index contributed by atoms with van der Waals surface area (Å²) in [5, 5.41) is 0. The SMILES string of the molecule is NCCCC[C@H](N)C(=O)N1CCC1. The lowest BCUT2D eigenvalue weighted by Gasteiger charge is -2.33. The van der Waals surface area contributed by atoms with Gasteiger partial charge in [-0.15, -0.1) is 0 Å². The molecule has 1 atom stereocenters. The van der Waals surface area contributed by atoms with Crippen LogP contribution in [-0.2, 0) is 4.79 Å². The van der Waals surface area contributed by atoms with Gasteiger partial charge in [0.2, 0.25) is 5.91 Å². The number of nitrogens with zero attached hydrogens (tertiary/aromatic N) is 1. The first-order valence-electron chi connectivity index (χ1n) is 5.00. The van der Waals surface area contributed by atoms with Crippen LogP contribution in [0.1, 0.15) is 25.7 Å². The third-order valence-corrected chi connectivity index (χ3v) is 2.45. The predicted octanol–water partition coefficient (Wildman–Crippen LogP) is -0.325. The molecule has 4 N–H and O–H groups in total. The maximum atomic E-state index is 11.5. The Balaban J connectivity index is 2.13. The van der Waals surface area contributed by atoms with Crippen LogP contribution in [0, 0.1) is 0 Å². The van der Waals surface area contributed by atoms with Crippen LogP contribution in [0.4, 0.5) is 0 Å². The van der Waals surface area contributed by atoms with E-state index in [1.54, 1.807) is 0 Å². The normalized spacial score (nSPS) is 18.2. The summed E-state index contributed by atoms with van der Waals surface area (Å²) in [6.07, 6.45) is 3.81. The summed E-state index contributed by atoms with van der Waals surface area (Å²) in [5.41, 5.74) is 11.1. The van der Waals surface area contributed by atoms with Crippen molar-refractivity contribution in [2.75, 3.05) is 19.6 Å². The highest BCUT2D eigenvalue weighted by Gasteiger charge is 2.24. The molecule has 76 valence electrons. The second-order valence-corrected chi connectivity index (χ2v) is 3.57. The number of unbranched alkanes of at least 4 members (excludes halogenated alkanes) is 1. The number of hydrogen-bond acceptors (Lipinski definition) is 3. The number of carbonyl (C=O) groups is 1. The van der Waals surface area contributed by atoms with Crippen molar-refractivity contribution >= 4 is 5.91 Å². The van der Waals surface area contributed by atoms with E-state index in [4.69, 9.17) is 11.5 Å². The van der Waals surface area contributed by atoms with E-state index in [0.29, 0.717) is 6.54 Å². The van der Waals surface area contributed by atoms with Gasteiger partial charge in [0.05, 0.1) is 6.04 Å². The Bertz CT molecular complexity index is 168. The highest BCUT2D eigenvalue weighted by atomic mass is 16.2. The second kappa shape index (κ2) is 5.19. The van der Waals surface area contributed by atoms with Crippen molar-refractivity contribution in [3.05, 3.63) is 0 Å². The Morgan fingerprint density at radius 3 is 2.54 bits per heavy atom. The van der Waals surface area contributed by atoms with Crippen LogP contribution in [0.3, 0.4) is 0 Å². The van der Waals surface area contributed by atoms with Gasteiger partial charge < -0.3 is 16.4 Å². The Hall–Kier alpha value is -0.610. The van der Waals surface area contributed by atoms with Gasteiger partial charge >= 0.3 is 0 Å². The first kappa shape index (κ1) is 10.5. The standard InChI is InChI=1S/C9H19N3O/c10-5-2-1-4-8(11)9(13)12-6-3-7-12/h8H,1-7,10-11H2/t8-/m0/s1. The smallest absolute Gasteiger partial charge is 0.239 e. The molecule has 1 aliphatic heterocycles. The van der Waals surface area contributed by atoms with Gasteiger partial charge in [0.15, 0.2) is 0 Å². The molecule has 1 saturated heterocycles. The first-order valence-corrected chi connectivity index (χ1v) is 5.00. The summed E-state index contributed by atoms with van der Waals surface area (Å²) < 4.78 is 0. The van der Waals surface area contributed by atoms with Crippen LogP contribution >= 0.6 is 0 Å². The fraction of sp³-hybridized carbons (Fsp3) is 0.889. The zero-order valence-electron chi connectivity index (χ0n) is 8.04. The summed E-state index contributed by atoms with van der Waals surface area (Å²) in [6.45, 7) is 2.47. The van der Waals surface area contributed by atoms with Gasteiger partial charge in [-0.3, -0.25) is 4.79 Å². The molecule has 4 heteroatoms. The summed E-state index contributed by atoms with van der Waals surface area (Å²) in [6, 6.07) is -0.299. The number of hydrogen-bond donors (Lipinski definition) is 2. The topological polar surface area (TPSA) is 72.3 Å². The van der Waals surface area contributed by atoms with Crippen LogP contribution in [0.5, 0.6) is 0 Å². The lowest BCUT2D eigenvalue weighted by atomic mass is 10.1. The zero-order chi connectivity index (χ0) is 9.68. The molecule has 13 heavy (non-hydrogen) atoms. The van der Waals surface area contributed by atoms with Crippen molar-refractivity contribution in [2.24, 2.45) is 11.5 Å². The van der Waals surface area contributed by atoms with E-state index >= 15 is 0 Å². The molecule has 0 spiro atoms. The van der Waals surface area contributed by atoms with E-state index < -0.39 is 0 Å². The van der Waals surface area contributed by atoms with Crippen LogP contribution in [-0.4, -0.2) is 36.5 Å². The maximum absolute atomic E-state index is 11.5. The minimum atomic E-state index is -0.299. The minimum absolute atomic E-state index is 0.114. The van der Waals surface area contributed by atoms with Gasteiger partial charge in [0.1, 0.15) is 0 Å². The second-order valence-electron chi connectivity index (χ2n) is 3.57. The molecule has 1 aliphatic rings. The van der Waals surface area contributed by atoms with Gasteiger partial charge in [0, 0.05) is 13.1 Å². The van der Waals surface area contributed by atoms with Gasteiger partial charge in [-0.25, -0.2) is 0 Å². The zero-order valence-corrected chi connectivity index (χ0v) is 8.04. The van der Waals surface area contributed by atoms with Crippen molar-refractivity contribution in [2.45, 2.75) is 31.7 Å². The molecule has 0 aliphatic carbocycles. The molecular formula is C9H19N3O. The molecule has 0 aromatic carbocycles. The molecule has 0 unspecified atom stereocenters. The molecular weight excluding hydrogens is 166 g/mol. The third kappa shape index (κ3) is 2.97. The Labute approximate surface area is 79.3 Å². The van der Waals surface area contributed by atoms with Crippen molar-refractivity contribution < 1.29 is 4.79 Å². The summed E-state index contributed by atoms with van der Waals surface area (Å²) in [4.78, 5) is 13.3. The quantitative estimate of drug-likeness (QED) is 0.576. The van der Waals surface area contributed by atoms with Gasteiger partial charge in [-0.1, -0.05) is 6.42 Å². The minimum Gasteiger partial charge on any atom is -0.341 e. The van der Waals surface area contributed by atoms with Gasteiger partial charge in [-0.2, -0.15) is 0 Å². The summed E-state index contributed by atoms with van der Waals surface area (Å²) >= 11 is 0. The number of nitrogens with two attached hydrogens (primary N) is 2. The van der Waals surface area contributed by atoms with E-state index in [0.717, 1.165) is 38.8 Å². The summed E-state index contributed by atoms with van der Waals surface area (Å²) in [5.74, 6) is 0.114. The fourth-order valence-corrected chi connectivity index (χ4v) is 1.40. The average molecular weight is 185 g/mol. The van der Waals surface area contributed by atoms with Crippen molar-refractivity contribution in [1.82, 2.24) is 4.90 Å². The van der Waals surface area contributed by atoms with E-state index in [1.807, 2.05) is 4.90 Å². The van der Waals surface area contributed by atoms with Crippen molar-refractivity contribution in [1.29, 1.82) is 0 Å². The molecule has 4 nitrogen and oxygen atoms in total. The Morgan fingerprint density at radius 1 is 1.38 bits per heavy atom. The maximum Gasteiger partial charge on any atom is 0.239 e. The highest BCUT2D eigenvalue weighted by molar-refractivity contribution is 5.82. The van der Waals surface area contributed by atoms with Crippen LogP contribution in [0.25, 0.3) is 0 Å². The van der Waals surface area contributed by atoms with E-state index in [9.17, 15) is 4.79 Å². The Morgan fingerprint density at radius 2 is 2.08 bits per heavy atom. The number of carbonyl (C=O) groups excluding carboxylic acids is 1. The molecule has 1 fully saturated rings. The van der Waals surface area contributed by atoms with Gasteiger partial charge in [-0.05, 0) is 25.8 Å². The fourth-order valence-electron chi connectivity index (χ4n) is 1.40.